The maximum atomic E-state index is 11.1. The van der Waals surface area contributed by atoms with Gasteiger partial charge in [-0.1, -0.05) is 0 Å². The third-order valence-electron chi connectivity index (χ3n) is 2.44. The molecule has 0 spiro atoms. The summed E-state index contributed by atoms with van der Waals surface area (Å²) in [6, 6.07) is 1.15. The first-order valence-corrected chi connectivity index (χ1v) is 6.53. The highest BCUT2D eigenvalue weighted by molar-refractivity contribution is 14.1. The van der Waals surface area contributed by atoms with Gasteiger partial charge in [0, 0.05) is 20.2 Å². The van der Waals surface area contributed by atoms with E-state index in [0.29, 0.717) is 3.57 Å². The molecule has 0 atom stereocenters. The van der Waals surface area contributed by atoms with Gasteiger partial charge in [-0.2, -0.15) is 0 Å². The summed E-state index contributed by atoms with van der Waals surface area (Å²) in [7, 11) is 2.77. The molecule has 0 saturated heterocycles. The molecule has 0 aromatic carbocycles. The van der Waals surface area contributed by atoms with Gasteiger partial charge in [-0.15, -0.1) is 0 Å². The summed E-state index contributed by atoms with van der Waals surface area (Å²) in [6.07, 6.45) is 0. The largest absolute Gasteiger partial charge is 0.385 e. The Morgan fingerprint density at radius 1 is 1.00 bits per heavy atom. The SMILES string of the molecule is Cn1c(=O)[nH]c(N)c(I)c1=O.Cn1c(=O)cc(N)[nH]c1=O. The number of nitrogen functional groups attached to an aromatic ring is 2. The molecule has 0 aliphatic carbocycles. The summed E-state index contributed by atoms with van der Waals surface area (Å²) in [6.45, 7) is 0. The van der Waals surface area contributed by atoms with Crippen molar-refractivity contribution in [1.29, 1.82) is 0 Å². The van der Waals surface area contributed by atoms with Crippen molar-refractivity contribution in [3.8, 4) is 0 Å². The van der Waals surface area contributed by atoms with Gasteiger partial charge >= 0.3 is 11.4 Å². The van der Waals surface area contributed by atoms with E-state index in [0.717, 1.165) is 15.2 Å². The Bertz CT molecular complexity index is 859. The van der Waals surface area contributed by atoms with E-state index in [1.807, 2.05) is 0 Å². The average molecular weight is 408 g/mol. The van der Waals surface area contributed by atoms with E-state index >= 15 is 0 Å². The van der Waals surface area contributed by atoms with Gasteiger partial charge in [0.15, 0.2) is 0 Å². The number of nitrogens with one attached hydrogen (secondary N) is 2. The van der Waals surface area contributed by atoms with Gasteiger partial charge in [0.25, 0.3) is 11.1 Å². The van der Waals surface area contributed by atoms with E-state index in [2.05, 4.69) is 9.97 Å². The molecule has 0 unspecified atom stereocenters. The van der Waals surface area contributed by atoms with Crippen LogP contribution in [0.15, 0.2) is 25.2 Å². The van der Waals surface area contributed by atoms with Crippen LogP contribution in [0.2, 0.25) is 0 Å². The molecule has 2 heterocycles. The molecular formula is C10H13IN6O4. The van der Waals surface area contributed by atoms with E-state index in [9.17, 15) is 19.2 Å². The lowest BCUT2D eigenvalue weighted by Crippen LogP contribution is -2.35. The van der Waals surface area contributed by atoms with Crippen molar-refractivity contribution in [3.05, 3.63) is 51.3 Å². The fraction of sp³-hybridized carbons (Fsp3) is 0.200. The molecule has 0 amide bonds. The lowest BCUT2D eigenvalue weighted by Gasteiger charge is -1.98. The second kappa shape index (κ2) is 6.43. The number of hydrogen-bond acceptors (Lipinski definition) is 6. The molecule has 2 rings (SSSR count). The molecule has 0 saturated carbocycles. The van der Waals surface area contributed by atoms with Crippen LogP contribution in [0.3, 0.4) is 0 Å². The highest BCUT2D eigenvalue weighted by Crippen LogP contribution is 2.01. The van der Waals surface area contributed by atoms with Gasteiger partial charge in [-0.3, -0.25) is 28.7 Å². The lowest BCUT2D eigenvalue weighted by atomic mass is 10.6. The molecule has 6 N–H and O–H groups in total. The normalized spacial score (nSPS) is 9.86. The maximum Gasteiger partial charge on any atom is 0.329 e. The quantitative estimate of drug-likeness (QED) is 0.366. The molecule has 0 aliphatic rings. The van der Waals surface area contributed by atoms with Crippen molar-refractivity contribution in [2.75, 3.05) is 11.5 Å². The van der Waals surface area contributed by atoms with Gasteiger partial charge in [-0.05, 0) is 22.6 Å². The summed E-state index contributed by atoms with van der Waals surface area (Å²) in [5, 5.41) is 0. The summed E-state index contributed by atoms with van der Waals surface area (Å²) < 4.78 is 2.25. The van der Waals surface area contributed by atoms with Crippen LogP contribution in [0.4, 0.5) is 11.6 Å². The molecule has 2 aromatic heterocycles. The Balaban J connectivity index is 0.000000211. The number of hydrogen-bond donors (Lipinski definition) is 4. The monoisotopic (exact) mass is 408 g/mol. The number of rotatable bonds is 0. The Kier molecular flexibility index (Phi) is 5.12. The number of nitrogens with two attached hydrogens (primary N) is 2. The van der Waals surface area contributed by atoms with Crippen LogP contribution in [0, 0.1) is 3.57 Å². The highest BCUT2D eigenvalue weighted by Gasteiger charge is 2.04. The number of aromatic amines is 2. The highest BCUT2D eigenvalue weighted by atomic mass is 127. The van der Waals surface area contributed by atoms with E-state index in [-0.39, 0.29) is 17.2 Å². The first kappa shape index (κ1) is 16.7. The molecule has 0 bridgehead atoms. The van der Waals surface area contributed by atoms with Crippen molar-refractivity contribution in [2.45, 2.75) is 0 Å². The van der Waals surface area contributed by atoms with Gasteiger partial charge < -0.3 is 11.5 Å². The number of halogens is 1. The summed E-state index contributed by atoms with van der Waals surface area (Å²) >= 11 is 1.78. The topological polar surface area (TPSA) is 162 Å². The minimum absolute atomic E-state index is 0.0908. The van der Waals surface area contributed by atoms with Crippen LogP contribution in [0.25, 0.3) is 0 Å². The summed E-state index contributed by atoms with van der Waals surface area (Å²) in [5.41, 5.74) is 8.72. The van der Waals surface area contributed by atoms with Crippen LogP contribution in [-0.4, -0.2) is 19.1 Å². The first-order valence-electron chi connectivity index (χ1n) is 5.45. The number of aromatic nitrogens is 4. The second-order valence-electron chi connectivity index (χ2n) is 3.95. The number of H-pyrrole nitrogens is 2. The zero-order chi connectivity index (χ0) is 16.3. The Morgan fingerprint density at radius 3 is 2.05 bits per heavy atom. The van der Waals surface area contributed by atoms with Gasteiger partial charge in [0.05, 0.1) is 0 Å². The molecule has 21 heavy (non-hydrogen) atoms. The van der Waals surface area contributed by atoms with Crippen molar-refractivity contribution in [1.82, 2.24) is 19.1 Å². The Morgan fingerprint density at radius 2 is 1.52 bits per heavy atom. The predicted molar refractivity (Wildman–Crippen MR) is 86.1 cm³/mol. The fourth-order valence-electron chi connectivity index (χ4n) is 1.18. The van der Waals surface area contributed by atoms with Crippen LogP contribution in [0.5, 0.6) is 0 Å². The summed E-state index contributed by atoms with van der Waals surface area (Å²) in [5.74, 6) is 0.215. The van der Waals surface area contributed by atoms with Crippen molar-refractivity contribution >= 4 is 34.2 Å². The predicted octanol–water partition coefficient (Wildman–Crippen LogP) is -2.08. The van der Waals surface area contributed by atoms with Crippen LogP contribution >= 0.6 is 22.6 Å². The number of nitrogens with zero attached hydrogens (tertiary/aromatic N) is 2. The summed E-state index contributed by atoms with van der Waals surface area (Å²) in [4.78, 5) is 47.9. The maximum absolute atomic E-state index is 11.1. The first-order chi connectivity index (χ1) is 9.65. The van der Waals surface area contributed by atoms with Crippen molar-refractivity contribution in [2.24, 2.45) is 14.1 Å². The molecule has 2 aromatic rings. The molecule has 0 radical (unpaired) electrons. The third kappa shape index (κ3) is 3.84. The smallest absolute Gasteiger partial charge is 0.329 e. The molecule has 0 fully saturated rings. The number of anilines is 2. The second-order valence-corrected chi connectivity index (χ2v) is 5.03. The van der Waals surface area contributed by atoms with E-state index in [1.165, 1.54) is 14.1 Å². The molecule has 114 valence electrons. The average Bonchev–Trinajstić information content (AvgIpc) is 2.41. The van der Waals surface area contributed by atoms with E-state index < -0.39 is 16.9 Å². The van der Waals surface area contributed by atoms with Gasteiger partial charge in [0.1, 0.15) is 15.2 Å². The third-order valence-corrected chi connectivity index (χ3v) is 3.48. The zero-order valence-corrected chi connectivity index (χ0v) is 13.3. The van der Waals surface area contributed by atoms with Crippen molar-refractivity contribution in [3.63, 3.8) is 0 Å². The zero-order valence-electron chi connectivity index (χ0n) is 11.1. The molecular weight excluding hydrogens is 395 g/mol. The lowest BCUT2D eigenvalue weighted by molar-refractivity contribution is 0.772. The van der Waals surface area contributed by atoms with Gasteiger partial charge in [-0.25, -0.2) is 9.59 Å². The van der Waals surface area contributed by atoms with Gasteiger partial charge in [0.2, 0.25) is 0 Å². The van der Waals surface area contributed by atoms with Crippen LogP contribution in [0.1, 0.15) is 0 Å². The fourth-order valence-corrected chi connectivity index (χ4v) is 1.68. The minimum atomic E-state index is -0.495. The minimum Gasteiger partial charge on any atom is -0.385 e. The Hall–Kier alpha value is -2.31. The molecule has 0 aliphatic heterocycles. The standard InChI is InChI=1S/C5H6IN3O2.C5H7N3O2/c1-9-4(10)2(6)3(7)8-5(9)11;1-8-4(9)2-3(6)7-5(8)10/h7H2,1H3,(H,8,11);2H,6H2,1H3,(H,7,10). The van der Waals surface area contributed by atoms with Crippen molar-refractivity contribution < 1.29 is 0 Å². The molecule has 10 nitrogen and oxygen atoms in total. The van der Waals surface area contributed by atoms with Crippen LogP contribution in [-0.2, 0) is 14.1 Å². The van der Waals surface area contributed by atoms with E-state index in [1.54, 1.807) is 22.6 Å². The molecule has 11 heteroatoms. The van der Waals surface area contributed by atoms with E-state index in [4.69, 9.17) is 11.5 Å². The Labute approximate surface area is 130 Å². The van der Waals surface area contributed by atoms with Crippen LogP contribution < -0.4 is 34.0 Å².